The fraction of sp³-hybridized carbons (Fsp3) is 0.346. The maximum Gasteiger partial charge on any atom is 0.237 e. The molecule has 0 N–H and O–H groups in total. The van der Waals surface area contributed by atoms with Crippen LogP contribution in [0, 0.1) is 6.92 Å². The van der Waals surface area contributed by atoms with E-state index in [4.69, 9.17) is 4.74 Å². The van der Waals surface area contributed by atoms with Gasteiger partial charge in [0.05, 0.1) is 0 Å². The lowest BCUT2D eigenvalue weighted by molar-refractivity contribution is 0.184. The molecule has 2 aromatic heterocycles. The highest BCUT2D eigenvalue weighted by Crippen LogP contribution is 2.34. The van der Waals surface area contributed by atoms with Crippen molar-refractivity contribution in [1.29, 1.82) is 0 Å². The summed E-state index contributed by atoms with van der Waals surface area (Å²) in [6, 6.07) is 21.3. The Morgan fingerprint density at radius 1 is 0.969 bits per heavy atom. The molecule has 0 radical (unpaired) electrons. The van der Waals surface area contributed by atoms with Crippen LogP contribution in [0.3, 0.4) is 0 Å². The van der Waals surface area contributed by atoms with Gasteiger partial charge in [-0.3, -0.25) is 4.90 Å². The van der Waals surface area contributed by atoms with Gasteiger partial charge in [-0.2, -0.15) is 4.52 Å². The Morgan fingerprint density at radius 2 is 1.78 bits per heavy atom. The van der Waals surface area contributed by atoms with Crippen LogP contribution >= 0.6 is 0 Å². The molecular formula is C26H29N5O. The molecule has 1 saturated carbocycles. The molecule has 0 atom stereocenters. The number of aromatic nitrogens is 4. The van der Waals surface area contributed by atoms with Gasteiger partial charge in [0.25, 0.3) is 0 Å². The number of aryl methyl sites for hydroxylation is 1. The van der Waals surface area contributed by atoms with E-state index in [9.17, 15) is 0 Å². The third kappa shape index (κ3) is 4.36. The van der Waals surface area contributed by atoms with Gasteiger partial charge in [0, 0.05) is 24.2 Å². The number of rotatable bonds is 6. The van der Waals surface area contributed by atoms with Gasteiger partial charge in [0.1, 0.15) is 5.75 Å². The minimum atomic E-state index is 0.518. The lowest BCUT2D eigenvalue weighted by atomic mass is 9.94. The second-order valence-electron chi connectivity index (χ2n) is 8.69. The van der Waals surface area contributed by atoms with E-state index < -0.39 is 0 Å². The number of hydrogen-bond acceptors (Lipinski definition) is 5. The van der Waals surface area contributed by atoms with Crippen LogP contribution in [0.2, 0.25) is 0 Å². The lowest BCUT2D eigenvalue weighted by Gasteiger charge is -2.31. The zero-order valence-corrected chi connectivity index (χ0v) is 18.7. The average Bonchev–Trinajstić information content (AvgIpc) is 3.21. The van der Waals surface area contributed by atoms with Crippen molar-refractivity contribution in [2.24, 2.45) is 0 Å². The lowest BCUT2D eigenvalue weighted by Crippen LogP contribution is -2.32. The van der Waals surface area contributed by atoms with E-state index in [0.29, 0.717) is 17.6 Å². The maximum atomic E-state index is 6.27. The fourth-order valence-corrected chi connectivity index (χ4v) is 4.59. The molecule has 6 heteroatoms. The molecule has 0 unspecified atom stereocenters. The summed E-state index contributed by atoms with van der Waals surface area (Å²) < 4.78 is 7.97. The van der Waals surface area contributed by atoms with E-state index in [1.165, 1.54) is 37.7 Å². The first-order chi connectivity index (χ1) is 15.7. The smallest absolute Gasteiger partial charge is 0.237 e. The van der Waals surface area contributed by atoms with Gasteiger partial charge in [-0.15, -0.1) is 15.3 Å². The number of nitrogens with zero attached hydrogens (tertiary/aromatic N) is 5. The Hall–Kier alpha value is -3.25. The highest BCUT2D eigenvalue weighted by Gasteiger charge is 2.19. The normalized spacial score (nSPS) is 14.8. The van der Waals surface area contributed by atoms with E-state index in [1.807, 2.05) is 25.1 Å². The molecule has 32 heavy (non-hydrogen) atoms. The Bertz CT molecular complexity index is 1200. The monoisotopic (exact) mass is 427 g/mol. The zero-order valence-electron chi connectivity index (χ0n) is 18.7. The Balaban J connectivity index is 1.45. The average molecular weight is 428 g/mol. The van der Waals surface area contributed by atoms with E-state index in [2.05, 4.69) is 69.7 Å². The standard InChI is InChI=1S/C26H29N5O/c1-19-27-28-25-15-16-26(29-31(19)25)32-24-14-13-20(17-23(24)21-9-5-3-6-10-21)18-30(2)22-11-7-4-8-12-22/h3,5-6,9-10,13-17,22H,4,7-8,11-12,18H2,1-2H3. The largest absolute Gasteiger partial charge is 0.437 e. The van der Waals surface area contributed by atoms with Crippen LogP contribution in [0.15, 0.2) is 60.7 Å². The summed E-state index contributed by atoms with van der Waals surface area (Å²) in [4.78, 5) is 2.51. The summed E-state index contributed by atoms with van der Waals surface area (Å²) in [6.07, 6.45) is 6.68. The molecule has 1 fully saturated rings. The van der Waals surface area contributed by atoms with Crippen LogP contribution in [0.1, 0.15) is 43.5 Å². The molecule has 0 spiro atoms. The van der Waals surface area contributed by atoms with Gasteiger partial charge >= 0.3 is 0 Å². The zero-order chi connectivity index (χ0) is 21.9. The van der Waals surface area contributed by atoms with Crippen molar-refractivity contribution in [2.75, 3.05) is 7.05 Å². The molecule has 5 rings (SSSR count). The molecule has 6 nitrogen and oxygen atoms in total. The van der Waals surface area contributed by atoms with Crippen LogP contribution in [0.25, 0.3) is 16.8 Å². The molecule has 1 aliphatic rings. The van der Waals surface area contributed by atoms with Crippen LogP contribution in [-0.2, 0) is 6.54 Å². The molecule has 164 valence electrons. The van der Waals surface area contributed by atoms with Crippen molar-refractivity contribution in [3.8, 4) is 22.8 Å². The van der Waals surface area contributed by atoms with Gasteiger partial charge in [-0.1, -0.05) is 55.7 Å². The number of hydrogen-bond donors (Lipinski definition) is 0. The second-order valence-corrected chi connectivity index (χ2v) is 8.69. The Labute approximate surface area is 188 Å². The second kappa shape index (κ2) is 9.09. The minimum Gasteiger partial charge on any atom is -0.437 e. The van der Waals surface area contributed by atoms with Crippen LogP contribution in [0.4, 0.5) is 0 Å². The summed E-state index contributed by atoms with van der Waals surface area (Å²) >= 11 is 0. The van der Waals surface area contributed by atoms with Gasteiger partial charge in [-0.05, 0) is 56.1 Å². The third-order valence-electron chi connectivity index (χ3n) is 6.37. The molecule has 0 bridgehead atoms. The fourth-order valence-electron chi connectivity index (χ4n) is 4.59. The SMILES string of the molecule is Cc1nnc2ccc(Oc3ccc(CN(C)C4CCCCC4)cc3-c3ccccc3)nn12. The molecule has 0 amide bonds. The maximum absolute atomic E-state index is 6.27. The van der Waals surface area contributed by atoms with Gasteiger partial charge in [-0.25, -0.2) is 0 Å². The molecule has 4 aromatic rings. The Morgan fingerprint density at radius 3 is 2.59 bits per heavy atom. The van der Waals surface area contributed by atoms with Crippen LogP contribution in [-0.4, -0.2) is 37.8 Å². The van der Waals surface area contributed by atoms with E-state index in [1.54, 1.807) is 4.52 Å². The molecule has 0 saturated heterocycles. The topological polar surface area (TPSA) is 55.6 Å². The summed E-state index contributed by atoms with van der Waals surface area (Å²) in [6.45, 7) is 2.82. The van der Waals surface area contributed by atoms with E-state index in [-0.39, 0.29) is 0 Å². The summed E-state index contributed by atoms with van der Waals surface area (Å²) in [5.41, 5.74) is 4.20. The first-order valence-electron chi connectivity index (χ1n) is 11.4. The van der Waals surface area contributed by atoms with Gasteiger partial charge in [0.15, 0.2) is 11.5 Å². The van der Waals surface area contributed by atoms with Crippen molar-refractivity contribution in [2.45, 2.75) is 51.6 Å². The van der Waals surface area contributed by atoms with Crippen molar-refractivity contribution in [3.63, 3.8) is 0 Å². The van der Waals surface area contributed by atoms with Crippen molar-refractivity contribution in [1.82, 2.24) is 24.7 Å². The molecule has 1 aliphatic carbocycles. The van der Waals surface area contributed by atoms with Crippen molar-refractivity contribution < 1.29 is 4.74 Å². The Kier molecular flexibility index (Phi) is 5.86. The van der Waals surface area contributed by atoms with Crippen LogP contribution in [0.5, 0.6) is 11.6 Å². The summed E-state index contributed by atoms with van der Waals surface area (Å²) in [7, 11) is 2.25. The number of ether oxygens (including phenoxy) is 1. The molecular weight excluding hydrogens is 398 g/mol. The van der Waals surface area contributed by atoms with E-state index >= 15 is 0 Å². The first-order valence-corrected chi connectivity index (χ1v) is 11.4. The number of fused-ring (bicyclic) bond motifs is 1. The molecule has 2 aromatic carbocycles. The van der Waals surface area contributed by atoms with Crippen LogP contribution < -0.4 is 4.74 Å². The van der Waals surface area contributed by atoms with Crippen molar-refractivity contribution in [3.05, 3.63) is 72.1 Å². The molecule has 0 aliphatic heterocycles. The molecule has 2 heterocycles. The minimum absolute atomic E-state index is 0.518. The van der Waals surface area contributed by atoms with Crippen molar-refractivity contribution >= 4 is 5.65 Å². The number of benzene rings is 2. The summed E-state index contributed by atoms with van der Waals surface area (Å²) in [5.74, 6) is 2.04. The van der Waals surface area contributed by atoms with Gasteiger partial charge in [0.2, 0.25) is 5.88 Å². The highest BCUT2D eigenvalue weighted by atomic mass is 16.5. The predicted octanol–water partition coefficient (Wildman–Crippen LogP) is 5.66. The highest BCUT2D eigenvalue weighted by molar-refractivity contribution is 5.71. The van der Waals surface area contributed by atoms with E-state index in [0.717, 1.165) is 29.2 Å². The predicted molar refractivity (Wildman–Crippen MR) is 126 cm³/mol. The van der Waals surface area contributed by atoms with Gasteiger partial charge < -0.3 is 4.74 Å². The quantitative estimate of drug-likeness (QED) is 0.398. The first kappa shape index (κ1) is 20.6. The summed E-state index contributed by atoms with van der Waals surface area (Å²) in [5, 5.41) is 12.7. The third-order valence-corrected chi connectivity index (χ3v) is 6.37.